The molecule has 0 saturated heterocycles. The monoisotopic (exact) mass is 341 g/mol. The lowest BCUT2D eigenvalue weighted by atomic mass is 9.94. The number of carbonyl (C=O) groups excluding carboxylic acids is 1. The topological polar surface area (TPSA) is 29.1 Å². The van der Waals surface area contributed by atoms with Gasteiger partial charge in [0.05, 0.1) is 0 Å². The third-order valence-corrected chi connectivity index (χ3v) is 4.43. The molecule has 0 aromatic heterocycles. The zero-order valence-electron chi connectivity index (χ0n) is 15.0. The van der Waals surface area contributed by atoms with Crippen molar-refractivity contribution in [1.82, 2.24) is 0 Å². The second-order valence-electron chi connectivity index (χ2n) is 6.40. The minimum Gasteiger partial charge on any atom is -0.329 e. The first-order chi connectivity index (χ1) is 12.8. The van der Waals surface area contributed by atoms with Crippen molar-refractivity contribution in [2.45, 2.75) is 19.8 Å². The molecule has 26 heavy (non-hydrogen) atoms. The molecule has 3 rings (SSSR count). The van der Waals surface area contributed by atoms with Gasteiger partial charge in [-0.1, -0.05) is 72.4 Å². The number of nitrogens with one attached hydrogen (secondary N) is 1. The maximum absolute atomic E-state index is 10.7. The summed E-state index contributed by atoms with van der Waals surface area (Å²) in [6, 6.07) is 16.4. The van der Waals surface area contributed by atoms with E-state index < -0.39 is 0 Å². The number of allylic oxidation sites excluding steroid dienone is 7. The van der Waals surface area contributed by atoms with E-state index in [2.05, 4.69) is 73.0 Å². The minimum absolute atomic E-state index is 0.703. The van der Waals surface area contributed by atoms with Gasteiger partial charge in [0.1, 0.15) is 0 Å². The first kappa shape index (κ1) is 17.7. The molecular formula is C24H23NO. The Hall–Kier alpha value is -3.13. The van der Waals surface area contributed by atoms with Gasteiger partial charge in [0.2, 0.25) is 6.41 Å². The molecule has 130 valence electrons. The zero-order valence-corrected chi connectivity index (χ0v) is 15.0. The summed E-state index contributed by atoms with van der Waals surface area (Å²) in [4.78, 5) is 10.7. The van der Waals surface area contributed by atoms with Crippen molar-refractivity contribution in [3.63, 3.8) is 0 Å². The molecule has 0 fully saturated rings. The number of aryl methyl sites for hydroxylation is 1. The largest absolute Gasteiger partial charge is 0.329 e. The molecule has 0 radical (unpaired) electrons. The Bertz CT molecular complexity index is 900. The fraction of sp³-hybridized carbons (Fsp3) is 0.125. The summed E-state index contributed by atoms with van der Waals surface area (Å²) in [7, 11) is 0. The van der Waals surface area contributed by atoms with Crippen molar-refractivity contribution < 1.29 is 4.79 Å². The highest BCUT2D eigenvalue weighted by Crippen LogP contribution is 2.26. The zero-order chi connectivity index (χ0) is 18.2. The Kier molecular flexibility index (Phi) is 6.00. The van der Waals surface area contributed by atoms with Crippen LogP contribution in [0.4, 0.5) is 5.69 Å². The van der Waals surface area contributed by atoms with E-state index in [0.717, 1.165) is 29.7 Å². The lowest BCUT2D eigenvalue weighted by Crippen LogP contribution is -1.95. The third-order valence-electron chi connectivity index (χ3n) is 4.43. The maximum Gasteiger partial charge on any atom is 0.211 e. The van der Waals surface area contributed by atoms with Crippen molar-refractivity contribution in [2.75, 3.05) is 5.32 Å². The fourth-order valence-corrected chi connectivity index (χ4v) is 3.06. The van der Waals surface area contributed by atoms with Crippen molar-refractivity contribution >= 4 is 23.7 Å². The number of benzene rings is 2. The molecule has 2 aromatic carbocycles. The van der Waals surface area contributed by atoms with E-state index in [1.54, 1.807) is 0 Å². The number of hydrogen-bond acceptors (Lipinski definition) is 1. The normalized spacial score (nSPS) is 20.2. The number of carbonyl (C=O) groups is 1. The maximum atomic E-state index is 10.7. The van der Waals surface area contributed by atoms with Crippen LogP contribution in [0.1, 0.15) is 30.0 Å². The van der Waals surface area contributed by atoms with Crippen molar-refractivity contribution in [2.24, 2.45) is 0 Å². The molecule has 0 heterocycles. The van der Waals surface area contributed by atoms with E-state index in [4.69, 9.17) is 0 Å². The molecule has 0 bridgehead atoms. The van der Waals surface area contributed by atoms with E-state index in [9.17, 15) is 4.79 Å². The predicted octanol–water partition coefficient (Wildman–Crippen LogP) is 5.80. The smallest absolute Gasteiger partial charge is 0.211 e. The van der Waals surface area contributed by atoms with Crippen molar-refractivity contribution in [1.29, 1.82) is 0 Å². The van der Waals surface area contributed by atoms with Gasteiger partial charge in [-0.15, -0.1) is 0 Å². The molecule has 2 heteroatoms. The molecule has 0 unspecified atom stereocenters. The number of amides is 1. The van der Waals surface area contributed by atoms with Crippen LogP contribution in [-0.2, 0) is 11.2 Å². The molecule has 1 aliphatic carbocycles. The van der Waals surface area contributed by atoms with Crippen LogP contribution in [0.2, 0.25) is 0 Å². The van der Waals surface area contributed by atoms with Gasteiger partial charge in [0, 0.05) is 5.69 Å². The molecule has 2 nitrogen and oxygen atoms in total. The summed E-state index contributed by atoms with van der Waals surface area (Å²) in [5, 5.41) is 2.71. The van der Waals surface area contributed by atoms with Gasteiger partial charge >= 0.3 is 0 Å². The van der Waals surface area contributed by atoms with Gasteiger partial charge in [-0.3, -0.25) is 4.79 Å². The highest BCUT2D eigenvalue weighted by Gasteiger charge is 2.07. The Labute approximate surface area is 155 Å². The lowest BCUT2D eigenvalue weighted by Gasteiger charge is -2.11. The Morgan fingerprint density at radius 2 is 1.85 bits per heavy atom. The fourth-order valence-electron chi connectivity index (χ4n) is 3.06. The molecule has 1 aliphatic rings. The lowest BCUT2D eigenvalue weighted by molar-refractivity contribution is -0.105. The highest BCUT2D eigenvalue weighted by molar-refractivity contribution is 5.89. The summed E-state index contributed by atoms with van der Waals surface area (Å²) in [6.07, 6.45) is 15.5. The summed E-state index contributed by atoms with van der Waals surface area (Å²) < 4.78 is 0. The van der Waals surface area contributed by atoms with Crippen LogP contribution in [0.3, 0.4) is 0 Å². The predicted molar refractivity (Wildman–Crippen MR) is 111 cm³/mol. The summed E-state index contributed by atoms with van der Waals surface area (Å²) >= 11 is 0. The van der Waals surface area contributed by atoms with Crippen LogP contribution in [-0.4, -0.2) is 6.41 Å². The van der Waals surface area contributed by atoms with E-state index in [1.165, 1.54) is 16.7 Å². The van der Waals surface area contributed by atoms with Crippen LogP contribution in [0.15, 0.2) is 84.5 Å². The highest BCUT2D eigenvalue weighted by atomic mass is 16.1. The SMILES string of the molecule is C\C1=C/C=C\C=C\C(=C/c2cccc(NC=O)c2)c2ccccc2CC1. The van der Waals surface area contributed by atoms with Gasteiger partial charge in [-0.25, -0.2) is 0 Å². The summed E-state index contributed by atoms with van der Waals surface area (Å²) in [5.74, 6) is 0. The van der Waals surface area contributed by atoms with Crippen LogP contribution in [0, 0.1) is 0 Å². The van der Waals surface area contributed by atoms with E-state index in [0.29, 0.717) is 6.41 Å². The third kappa shape index (κ3) is 4.70. The minimum atomic E-state index is 0.703. The van der Waals surface area contributed by atoms with Gasteiger partial charge in [-0.2, -0.15) is 0 Å². The van der Waals surface area contributed by atoms with Crippen LogP contribution in [0.5, 0.6) is 0 Å². The van der Waals surface area contributed by atoms with E-state index >= 15 is 0 Å². The Balaban J connectivity index is 2.06. The molecule has 1 N–H and O–H groups in total. The number of fused-ring (bicyclic) bond motifs is 1. The molecular weight excluding hydrogens is 318 g/mol. The van der Waals surface area contributed by atoms with Gasteiger partial charge in [0.25, 0.3) is 0 Å². The number of hydrogen-bond donors (Lipinski definition) is 1. The van der Waals surface area contributed by atoms with Gasteiger partial charge in [0.15, 0.2) is 0 Å². The summed E-state index contributed by atoms with van der Waals surface area (Å²) in [5.41, 5.74) is 6.99. The van der Waals surface area contributed by atoms with E-state index in [-0.39, 0.29) is 0 Å². The van der Waals surface area contributed by atoms with Crippen LogP contribution >= 0.6 is 0 Å². The average Bonchev–Trinajstić information content (AvgIpc) is 2.68. The van der Waals surface area contributed by atoms with Crippen LogP contribution < -0.4 is 5.32 Å². The van der Waals surface area contributed by atoms with Crippen molar-refractivity contribution in [3.05, 3.63) is 101 Å². The van der Waals surface area contributed by atoms with Gasteiger partial charge in [-0.05, 0) is 60.2 Å². The molecule has 2 aromatic rings. The number of anilines is 1. The molecule has 0 spiro atoms. The Morgan fingerprint density at radius 3 is 2.73 bits per heavy atom. The standard InChI is InChI=1S/C24H23NO/c1-19-8-3-2-4-11-22(24-13-6-5-10-21(24)15-14-19)16-20-9-7-12-23(17-20)25-18-26/h2-13,16-18H,14-15H2,1H3,(H,25,26)/b3-2-,11-4+,19-8+,22-16+. The number of rotatable bonds is 3. The second kappa shape index (κ2) is 8.82. The average molecular weight is 341 g/mol. The molecule has 0 atom stereocenters. The molecule has 1 amide bonds. The first-order valence-corrected chi connectivity index (χ1v) is 8.87. The Morgan fingerprint density at radius 1 is 0.962 bits per heavy atom. The molecule has 0 saturated carbocycles. The van der Waals surface area contributed by atoms with Gasteiger partial charge < -0.3 is 5.32 Å². The second-order valence-corrected chi connectivity index (χ2v) is 6.40. The molecule has 0 aliphatic heterocycles. The quantitative estimate of drug-likeness (QED) is 0.702. The van der Waals surface area contributed by atoms with Crippen molar-refractivity contribution in [3.8, 4) is 0 Å². The van der Waals surface area contributed by atoms with Crippen LogP contribution in [0.25, 0.3) is 11.6 Å². The first-order valence-electron chi connectivity index (χ1n) is 8.87. The summed E-state index contributed by atoms with van der Waals surface area (Å²) in [6.45, 7) is 2.18. The van der Waals surface area contributed by atoms with E-state index in [1.807, 2.05) is 24.3 Å².